The number of aryl methyl sites for hydroxylation is 2. The molecule has 2 aromatic rings. The molecule has 0 radical (unpaired) electrons. The molecule has 8 nitrogen and oxygen atoms in total. The van der Waals surface area contributed by atoms with Gasteiger partial charge in [-0.1, -0.05) is 0 Å². The maximum absolute atomic E-state index is 12.6. The van der Waals surface area contributed by atoms with Crippen LogP contribution in [0.25, 0.3) is 0 Å². The summed E-state index contributed by atoms with van der Waals surface area (Å²) in [4.78, 5) is 25.5. The third-order valence-corrected chi connectivity index (χ3v) is 5.53. The van der Waals surface area contributed by atoms with Gasteiger partial charge in [0.05, 0.1) is 11.9 Å². The molecule has 0 spiro atoms. The van der Waals surface area contributed by atoms with Gasteiger partial charge in [-0.2, -0.15) is 23.3 Å². The van der Waals surface area contributed by atoms with Crippen molar-refractivity contribution in [3.63, 3.8) is 0 Å². The molecule has 11 heteroatoms. The van der Waals surface area contributed by atoms with Gasteiger partial charge in [-0.25, -0.2) is 4.98 Å². The zero-order chi connectivity index (χ0) is 21.5. The maximum Gasteiger partial charge on any atom is 0.389 e. The Kier molecular flexibility index (Phi) is 5.29. The third-order valence-electron chi connectivity index (χ3n) is 5.53. The molecule has 0 aliphatic carbocycles. The summed E-state index contributed by atoms with van der Waals surface area (Å²) in [6, 6.07) is -0.291. The fourth-order valence-corrected chi connectivity index (χ4v) is 3.82. The second kappa shape index (κ2) is 7.77. The van der Waals surface area contributed by atoms with E-state index < -0.39 is 12.6 Å². The second-order valence-electron chi connectivity index (χ2n) is 7.73. The Morgan fingerprint density at radius 3 is 2.87 bits per heavy atom. The van der Waals surface area contributed by atoms with E-state index in [1.54, 1.807) is 17.3 Å². The molecule has 4 rings (SSSR count). The van der Waals surface area contributed by atoms with Crippen LogP contribution in [-0.4, -0.2) is 51.5 Å². The highest BCUT2D eigenvalue weighted by molar-refractivity contribution is 6.05. The van der Waals surface area contributed by atoms with Crippen LogP contribution in [0, 0.1) is 0 Å². The van der Waals surface area contributed by atoms with Crippen molar-refractivity contribution in [3.8, 4) is 0 Å². The highest BCUT2D eigenvalue weighted by atomic mass is 19.4. The van der Waals surface area contributed by atoms with E-state index in [0.717, 1.165) is 35.6 Å². The number of nitrogens with one attached hydrogen (secondary N) is 1. The van der Waals surface area contributed by atoms with Crippen LogP contribution in [0.1, 0.15) is 37.4 Å². The summed E-state index contributed by atoms with van der Waals surface area (Å²) < 4.78 is 38.3. The predicted octanol–water partition coefficient (Wildman–Crippen LogP) is 2.75. The van der Waals surface area contributed by atoms with Gasteiger partial charge in [-0.3, -0.25) is 9.48 Å². The number of alkyl halides is 3. The van der Waals surface area contributed by atoms with E-state index in [-0.39, 0.29) is 24.9 Å². The van der Waals surface area contributed by atoms with Gasteiger partial charge in [0.25, 0.3) is 0 Å². The van der Waals surface area contributed by atoms with E-state index in [0.29, 0.717) is 19.0 Å². The van der Waals surface area contributed by atoms with E-state index in [9.17, 15) is 18.0 Å². The Morgan fingerprint density at radius 1 is 1.30 bits per heavy atom. The van der Waals surface area contributed by atoms with Crippen LogP contribution < -0.4 is 15.1 Å². The van der Waals surface area contributed by atoms with Crippen molar-refractivity contribution < 1.29 is 18.0 Å². The molecular weight excluding hydrogens is 399 g/mol. The van der Waals surface area contributed by atoms with Crippen LogP contribution in [0.3, 0.4) is 0 Å². The number of anilines is 3. The van der Waals surface area contributed by atoms with Crippen LogP contribution in [0.4, 0.5) is 30.6 Å². The van der Waals surface area contributed by atoms with Gasteiger partial charge in [0.15, 0.2) is 5.82 Å². The van der Waals surface area contributed by atoms with Gasteiger partial charge >= 0.3 is 6.18 Å². The van der Waals surface area contributed by atoms with Crippen molar-refractivity contribution in [3.05, 3.63) is 23.7 Å². The SMILES string of the molecule is C[C@H]1C(=O)N2CCCc3nc(NCc4cnn(CCCC(F)(F)F)c4)nc(c32)N1C. The zero-order valence-electron chi connectivity index (χ0n) is 16.9. The highest BCUT2D eigenvalue weighted by Crippen LogP contribution is 2.39. The number of nitrogens with zero attached hydrogens (tertiary/aromatic N) is 6. The fraction of sp³-hybridized carbons (Fsp3) is 0.579. The number of hydrogen-bond donors (Lipinski definition) is 1. The molecule has 2 aromatic heterocycles. The molecule has 1 amide bonds. The number of carbonyl (C=O) groups excluding carboxylic acids is 1. The number of aromatic nitrogens is 4. The first-order valence-corrected chi connectivity index (χ1v) is 10.00. The number of carbonyl (C=O) groups is 1. The second-order valence-corrected chi connectivity index (χ2v) is 7.73. The van der Waals surface area contributed by atoms with Crippen LogP contribution in [0.5, 0.6) is 0 Å². The molecule has 1 N–H and O–H groups in total. The lowest BCUT2D eigenvalue weighted by atomic mass is 10.0. The Labute approximate surface area is 172 Å². The van der Waals surface area contributed by atoms with Crippen molar-refractivity contribution in [1.82, 2.24) is 19.7 Å². The summed E-state index contributed by atoms with van der Waals surface area (Å²) in [7, 11) is 1.85. The summed E-state index contributed by atoms with van der Waals surface area (Å²) in [6.45, 7) is 3.16. The molecule has 0 saturated carbocycles. The number of halogens is 3. The summed E-state index contributed by atoms with van der Waals surface area (Å²) in [5, 5.41) is 7.30. The largest absolute Gasteiger partial charge is 0.389 e. The van der Waals surface area contributed by atoms with Crippen molar-refractivity contribution >= 4 is 23.4 Å². The molecule has 0 saturated heterocycles. The van der Waals surface area contributed by atoms with Crippen LogP contribution in [-0.2, 0) is 24.3 Å². The smallest absolute Gasteiger partial charge is 0.350 e. The van der Waals surface area contributed by atoms with Crippen molar-refractivity contribution in [1.29, 1.82) is 0 Å². The molecule has 0 fully saturated rings. The molecule has 0 unspecified atom stereocenters. The number of amides is 1. The quantitative estimate of drug-likeness (QED) is 0.770. The first-order valence-electron chi connectivity index (χ1n) is 10.00. The monoisotopic (exact) mass is 423 g/mol. The van der Waals surface area contributed by atoms with Gasteiger partial charge in [0.1, 0.15) is 11.7 Å². The van der Waals surface area contributed by atoms with Gasteiger partial charge < -0.3 is 15.1 Å². The fourth-order valence-electron chi connectivity index (χ4n) is 3.82. The van der Waals surface area contributed by atoms with E-state index in [4.69, 9.17) is 0 Å². The third kappa shape index (κ3) is 4.05. The van der Waals surface area contributed by atoms with Crippen LogP contribution in [0.15, 0.2) is 12.4 Å². The van der Waals surface area contributed by atoms with Gasteiger partial charge in [0, 0.05) is 44.9 Å². The molecule has 4 heterocycles. The van der Waals surface area contributed by atoms with Gasteiger partial charge in [-0.15, -0.1) is 0 Å². The first-order chi connectivity index (χ1) is 14.2. The molecule has 162 valence electrons. The molecule has 0 bridgehead atoms. The van der Waals surface area contributed by atoms with Crippen molar-refractivity contribution in [2.45, 2.75) is 57.9 Å². The topological polar surface area (TPSA) is 79.2 Å². The molecular formula is C19H24F3N7O. The van der Waals surface area contributed by atoms with E-state index in [1.807, 2.05) is 18.9 Å². The van der Waals surface area contributed by atoms with E-state index >= 15 is 0 Å². The standard InChI is InChI=1S/C19H24F3N7O/c1-12-17(30)29-8-3-5-14-15(29)16(27(12)2)26-18(25-14)23-9-13-10-24-28(11-13)7-4-6-19(20,21)22/h10-12H,3-9H2,1-2H3,(H,23,25,26)/t12-/m0/s1. The minimum absolute atomic E-state index is 0.00488. The summed E-state index contributed by atoms with van der Waals surface area (Å²) in [5.41, 5.74) is 2.48. The van der Waals surface area contributed by atoms with E-state index in [1.165, 1.54) is 4.68 Å². The van der Waals surface area contributed by atoms with Gasteiger partial charge in [-0.05, 0) is 26.2 Å². The molecule has 0 aromatic carbocycles. The number of rotatable bonds is 6. The van der Waals surface area contributed by atoms with E-state index in [2.05, 4.69) is 20.4 Å². The number of hydrogen-bond acceptors (Lipinski definition) is 6. The highest BCUT2D eigenvalue weighted by Gasteiger charge is 2.38. The summed E-state index contributed by atoms with van der Waals surface area (Å²) in [6.07, 6.45) is 0.00960. The maximum atomic E-state index is 12.6. The predicted molar refractivity (Wildman–Crippen MR) is 105 cm³/mol. The zero-order valence-corrected chi connectivity index (χ0v) is 16.9. The van der Waals surface area contributed by atoms with Gasteiger partial charge in [0.2, 0.25) is 11.9 Å². The number of likely N-dealkylation sites (N-methyl/N-ethyl adjacent to an activating group) is 1. The molecule has 2 aliphatic heterocycles. The first kappa shape index (κ1) is 20.4. The minimum Gasteiger partial charge on any atom is -0.350 e. The minimum atomic E-state index is -4.15. The molecule has 2 aliphatic rings. The Morgan fingerprint density at radius 2 is 2.10 bits per heavy atom. The Bertz CT molecular complexity index is 943. The average Bonchev–Trinajstić information content (AvgIpc) is 3.15. The lowest BCUT2D eigenvalue weighted by molar-refractivity contribution is -0.136. The Balaban J connectivity index is 1.45. The van der Waals surface area contributed by atoms with Crippen LogP contribution >= 0.6 is 0 Å². The lowest BCUT2D eigenvalue weighted by Gasteiger charge is -2.41. The Hall–Kier alpha value is -2.85. The summed E-state index contributed by atoms with van der Waals surface area (Å²) >= 11 is 0. The van der Waals surface area contributed by atoms with Crippen molar-refractivity contribution in [2.24, 2.45) is 0 Å². The van der Waals surface area contributed by atoms with Crippen molar-refractivity contribution in [2.75, 3.05) is 28.7 Å². The molecule has 30 heavy (non-hydrogen) atoms. The molecule has 1 atom stereocenters. The normalized spacial score (nSPS) is 18.6. The van der Waals surface area contributed by atoms with Crippen LogP contribution in [0.2, 0.25) is 0 Å². The average molecular weight is 423 g/mol. The summed E-state index contributed by atoms with van der Waals surface area (Å²) in [5.74, 6) is 1.26. The lowest BCUT2D eigenvalue weighted by Crippen LogP contribution is -2.53.